The number of rotatable bonds is 3. The first-order valence-corrected chi connectivity index (χ1v) is 6.64. The highest BCUT2D eigenvalue weighted by molar-refractivity contribution is 5.95. The van der Waals surface area contributed by atoms with Crippen molar-refractivity contribution in [1.82, 2.24) is 10.2 Å². The number of nitrogen functional groups attached to an aromatic ring is 1. The fourth-order valence-corrected chi connectivity index (χ4v) is 2.37. The number of nitrogens with one attached hydrogen (secondary N) is 1. The van der Waals surface area contributed by atoms with Crippen LogP contribution in [0.3, 0.4) is 0 Å². The van der Waals surface area contributed by atoms with Crippen molar-refractivity contribution in [3.63, 3.8) is 0 Å². The molecule has 5 nitrogen and oxygen atoms in total. The summed E-state index contributed by atoms with van der Waals surface area (Å²) < 4.78 is 19.0. The third-order valence-electron chi connectivity index (χ3n) is 3.63. The van der Waals surface area contributed by atoms with Gasteiger partial charge in [-0.25, -0.2) is 4.39 Å². The number of ether oxygens (including phenoxy) is 1. The summed E-state index contributed by atoms with van der Waals surface area (Å²) in [6.07, 6.45) is 1.74. The highest BCUT2D eigenvalue weighted by atomic mass is 19.1. The van der Waals surface area contributed by atoms with Gasteiger partial charge < -0.3 is 20.7 Å². The summed E-state index contributed by atoms with van der Waals surface area (Å²) in [6, 6.07) is 2.95. The Kier molecular flexibility index (Phi) is 4.44. The van der Waals surface area contributed by atoms with Gasteiger partial charge in [0.05, 0.1) is 18.4 Å². The Morgan fingerprint density at radius 2 is 2.10 bits per heavy atom. The lowest BCUT2D eigenvalue weighted by Gasteiger charge is -2.29. The Hall–Kier alpha value is -1.82. The number of hydrogen-bond acceptors (Lipinski definition) is 4. The molecule has 1 aliphatic heterocycles. The molecule has 0 radical (unpaired) electrons. The second kappa shape index (κ2) is 6.09. The van der Waals surface area contributed by atoms with Gasteiger partial charge in [0.1, 0.15) is 0 Å². The molecule has 1 heterocycles. The number of carbonyl (C=O) groups excluding carboxylic acids is 1. The van der Waals surface area contributed by atoms with Crippen molar-refractivity contribution in [2.24, 2.45) is 0 Å². The number of likely N-dealkylation sites (tertiary alicyclic amines) is 1. The van der Waals surface area contributed by atoms with Crippen molar-refractivity contribution in [1.29, 1.82) is 0 Å². The molecule has 1 amide bonds. The lowest BCUT2D eigenvalue weighted by molar-refractivity contribution is 0.0912. The van der Waals surface area contributed by atoms with E-state index in [0.29, 0.717) is 0 Å². The van der Waals surface area contributed by atoms with Crippen LogP contribution in [0.5, 0.6) is 5.75 Å². The molecule has 20 heavy (non-hydrogen) atoms. The average Bonchev–Trinajstić information content (AvgIpc) is 2.42. The van der Waals surface area contributed by atoms with E-state index in [4.69, 9.17) is 10.5 Å². The number of anilines is 1. The zero-order valence-corrected chi connectivity index (χ0v) is 11.8. The van der Waals surface area contributed by atoms with E-state index in [1.165, 1.54) is 19.2 Å². The fraction of sp³-hybridized carbons (Fsp3) is 0.500. The first-order valence-electron chi connectivity index (χ1n) is 6.64. The number of benzene rings is 1. The van der Waals surface area contributed by atoms with Gasteiger partial charge in [0.15, 0.2) is 11.6 Å². The number of carbonyl (C=O) groups is 1. The molecule has 2 rings (SSSR count). The Balaban J connectivity index is 2.10. The maximum Gasteiger partial charge on any atom is 0.254 e. The summed E-state index contributed by atoms with van der Waals surface area (Å²) in [5.74, 6) is -1.21. The average molecular weight is 281 g/mol. The van der Waals surface area contributed by atoms with Gasteiger partial charge in [-0.3, -0.25) is 4.79 Å². The Morgan fingerprint density at radius 1 is 1.45 bits per heavy atom. The van der Waals surface area contributed by atoms with Crippen LogP contribution in [0.15, 0.2) is 12.1 Å². The minimum atomic E-state index is -0.710. The summed E-state index contributed by atoms with van der Waals surface area (Å²) in [6.45, 7) is 1.86. The number of halogens is 1. The normalized spacial score (nSPS) is 16.9. The summed E-state index contributed by atoms with van der Waals surface area (Å²) in [5.41, 5.74) is 5.75. The number of methoxy groups -OCH3 is 1. The maximum absolute atomic E-state index is 14.1. The molecule has 0 saturated carbocycles. The Morgan fingerprint density at radius 3 is 2.70 bits per heavy atom. The zero-order valence-electron chi connectivity index (χ0n) is 11.8. The van der Waals surface area contributed by atoms with Crippen LogP contribution in [0.25, 0.3) is 0 Å². The number of nitrogens with two attached hydrogens (primary N) is 1. The quantitative estimate of drug-likeness (QED) is 0.818. The van der Waals surface area contributed by atoms with E-state index in [1.54, 1.807) is 0 Å². The minimum Gasteiger partial charge on any atom is -0.492 e. The Bertz CT molecular complexity index is 499. The molecule has 3 N–H and O–H groups in total. The van der Waals surface area contributed by atoms with Crippen LogP contribution in [-0.4, -0.2) is 44.1 Å². The molecule has 1 aliphatic rings. The lowest BCUT2D eigenvalue weighted by atomic mass is 10.0. The number of nitrogens with zero attached hydrogens (tertiary/aromatic N) is 1. The van der Waals surface area contributed by atoms with Crippen molar-refractivity contribution in [3.8, 4) is 5.75 Å². The maximum atomic E-state index is 14.1. The third-order valence-corrected chi connectivity index (χ3v) is 3.63. The molecule has 0 unspecified atom stereocenters. The topological polar surface area (TPSA) is 67.6 Å². The van der Waals surface area contributed by atoms with Gasteiger partial charge in [-0.05, 0) is 45.1 Å². The highest BCUT2D eigenvalue weighted by Crippen LogP contribution is 2.27. The van der Waals surface area contributed by atoms with Crippen LogP contribution in [0.4, 0.5) is 10.1 Å². The molecule has 1 saturated heterocycles. The van der Waals surface area contributed by atoms with E-state index >= 15 is 0 Å². The van der Waals surface area contributed by atoms with Gasteiger partial charge in [-0.15, -0.1) is 0 Å². The van der Waals surface area contributed by atoms with Crippen molar-refractivity contribution < 1.29 is 13.9 Å². The summed E-state index contributed by atoms with van der Waals surface area (Å²) in [4.78, 5) is 14.3. The van der Waals surface area contributed by atoms with Crippen LogP contribution in [0.2, 0.25) is 0 Å². The largest absolute Gasteiger partial charge is 0.492 e. The standard InChI is InChI=1S/C14H20FN3O2/c1-18-7-5-9(6-8-18)17-14(19)10-3-4-11(16)13(20-2)12(10)15/h3-4,9H,5-8,16H2,1-2H3,(H,17,19). The van der Waals surface area contributed by atoms with Crippen molar-refractivity contribution in [2.45, 2.75) is 18.9 Å². The molecule has 0 aliphatic carbocycles. The zero-order chi connectivity index (χ0) is 14.7. The van der Waals surface area contributed by atoms with Crippen LogP contribution in [0, 0.1) is 5.82 Å². The van der Waals surface area contributed by atoms with E-state index in [-0.39, 0.29) is 23.0 Å². The molecule has 1 aromatic rings. The second-order valence-electron chi connectivity index (χ2n) is 5.10. The first-order chi connectivity index (χ1) is 9.52. The predicted octanol–water partition coefficient (Wildman–Crippen LogP) is 1.24. The van der Waals surface area contributed by atoms with E-state index < -0.39 is 11.7 Å². The van der Waals surface area contributed by atoms with Crippen molar-refractivity contribution in [3.05, 3.63) is 23.5 Å². The van der Waals surface area contributed by atoms with Gasteiger partial charge in [0.2, 0.25) is 0 Å². The number of hydrogen-bond donors (Lipinski definition) is 2. The van der Waals surface area contributed by atoms with E-state index in [1.807, 2.05) is 7.05 Å². The number of piperidine rings is 1. The molecule has 1 aromatic carbocycles. The fourth-order valence-electron chi connectivity index (χ4n) is 2.37. The van der Waals surface area contributed by atoms with E-state index in [0.717, 1.165) is 25.9 Å². The van der Waals surface area contributed by atoms with Crippen LogP contribution >= 0.6 is 0 Å². The summed E-state index contributed by atoms with van der Waals surface area (Å²) in [5, 5.41) is 2.87. The van der Waals surface area contributed by atoms with Crippen molar-refractivity contribution >= 4 is 11.6 Å². The van der Waals surface area contributed by atoms with Gasteiger partial charge in [0, 0.05) is 6.04 Å². The summed E-state index contributed by atoms with van der Waals surface area (Å²) >= 11 is 0. The van der Waals surface area contributed by atoms with Gasteiger partial charge >= 0.3 is 0 Å². The van der Waals surface area contributed by atoms with Crippen LogP contribution < -0.4 is 15.8 Å². The highest BCUT2D eigenvalue weighted by Gasteiger charge is 2.22. The van der Waals surface area contributed by atoms with Gasteiger partial charge in [-0.1, -0.05) is 0 Å². The molecule has 6 heteroatoms. The number of amides is 1. The Labute approximate surface area is 117 Å². The molecular weight excluding hydrogens is 261 g/mol. The molecule has 110 valence electrons. The smallest absolute Gasteiger partial charge is 0.254 e. The minimum absolute atomic E-state index is 0.0324. The summed E-state index contributed by atoms with van der Waals surface area (Å²) in [7, 11) is 3.37. The predicted molar refractivity (Wildman–Crippen MR) is 75.3 cm³/mol. The van der Waals surface area contributed by atoms with Gasteiger partial charge in [-0.2, -0.15) is 0 Å². The van der Waals surface area contributed by atoms with E-state index in [9.17, 15) is 9.18 Å². The first kappa shape index (κ1) is 14.6. The SMILES string of the molecule is COc1c(N)ccc(C(=O)NC2CCN(C)CC2)c1F. The van der Waals surface area contributed by atoms with Crippen molar-refractivity contribution in [2.75, 3.05) is 33.0 Å². The molecule has 0 aromatic heterocycles. The van der Waals surface area contributed by atoms with Crippen LogP contribution in [-0.2, 0) is 0 Å². The lowest BCUT2D eigenvalue weighted by Crippen LogP contribution is -2.43. The second-order valence-corrected chi connectivity index (χ2v) is 5.10. The monoisotopic (exact) mass is 281 g/mol. The molecule has 0 spiro atoms. The molecule has 0 atom stereocenters. The molecular formula is C14H20FN3O2. The van der Waals surface area contributed by atoms with Crippen LogP contribution in [0.1, 0.15) is 23.2 Å². The van der Waals surface area contributed by atoms with Gasteiger partial charge in [0.25, 0.3) is 5.91 Å². The third kappa shape index (κ3) is 3.01. The molecule has 0 bridgehead atoms. The molecule has 1 fully saturated rings. The van der Waals surface area contributed by atoms with E-state index in [2.05, 4.69) is 10.2 Å².